The molecule has 0 fully saturated rings. The molecule has 2 rings (SSSR count). The first-order valence-electron chi connectivity index (χ1n) is 6.59. The molecule has 4 heteroatoms. The number of nitrogens with two attached hydrogens (primary N) is 1. The maximum absolute atomic E-state index is 12.2. The molecular weight excluding hydrogens is 270 g/mol. The Balaban J connectivity index is 1.82. The molecule has 1 unspecified atom stereocenters. The van der Waals surface area contributed by atoms with Gasteiger partial charge in [0.25, 0.3) is 0 Å². The second-order valence-electron chi connectivity index (χ2n) is 4.61. The molecule has 0 saturated carbocycles. The zero-order valence-corrected chi connectivity index (χ0v) is 12.4. The normalized spacial score (nSPS) is 12.1. The lowest BCUT2D eigenvalue weighted by molar-refractivity contribution is 0.318. The van der Waals surface area contributed by atoms with Crippen LogP contribution in [0.15, 0.2) is 53.4 Å². The van der Waals surface area contributed by atoms with Gasteiger partial charge in [0.2, 0.25) is 0 Å². The minimum absolute atomic E-state index is 0.556. The second kappa shape index (κ2) is 7.10. The van der Waals surface area contributed by atoms with Gasteiger partial charge in [-0.1, -0.05) is 24.3 Å². The van der Waals surface area contributed by atoms with Gasteiger partial charge in [-0.3, -0.25) is 4.21 Å². The summed E-state index contributed by atoms with van der Waals surface area (Å²) >= 11 is 0. The fourth-order valence-corrected chi connectivity index (χ4v) is 3.09. The molecule has 0 aliphatic carbocycles. The Morgan fingerprint density at radius 2 is 1.90 bits per heavy atom. The van der Waals surface area contributed by atoms with E-state index >= 15 is 0 Å². The lowest BCUT2D eigenvalue weighted by Gasteiger charge is -2.08. The molecule has 0 aromatic heterocycles. The summed E-state index contributed by atoms with van der Waals surface area (Å²) in [6, 6.07) is 15.3. The Morgan fingerprint density at radius 3 is 2.65 bits per heavy atom. The van der Waals surface area contributed by atoms with E-state index in [1.54, 1.807) is 0 Å². The van der Waals surface area contributed by atoms with Crippen molar-refractivity contribution in [2.24, 2.45) is 0 Å². The van der Waals surface area contributed by atoms with Gasteiger partial charge in [-0.15, -0.1) is 0 Å². The lowest BCUT2D eigenvalue weighted by atomic mass is 10.2. The van der Waals surface area contributed by atoms with Crippen LogP contribution in [0.1, 0.15) is 12.0 Å². The second-order valence-corrected chi connectivity index (χ2v) is 6.15. The van der Waals surface area contributed by atoms with Crippen LogP contribution in [0.2, 0.25) is 0 Å². The summed E-state index contributed by atoms with van der Waals surface area (Å²) in [6.07, 6.45) is 0.731. The maximum Gasteiger partial charge on any atom is 0.119 e. The fourth-order valence-electron chi connectivity index (χ4n) is 1.85. The summed E-state index contributed by atoms with van der Waals surface area (Å²) in [4.78, 5) is 0.727. The molecular formula is C16H19NO2S. The number of aryl methyl sites for hydroxylation is 1. The molecule has 0 radical (unpaired) electrons. The summed E-state index contributed by atoms with van der Waals surface area (Å²) in [7, 11) is -1.07. The average molecular weight is 289 g/mol. The van der Waals surface area contributed by atoms with E-state index in [1.807, 2.05) is 55.5 Å². The average Bonchev–Trinajstić information content (AvgIpc) is 2.47. The van der Waals surface area contributed by atoms with E-state index < -0.39 is 10.8 Å². The van der Waals surface area contributed by atoms with Crippen LogP contribution in [0.5, 0.6) is 5.75 Å². The van der Waals surface area contributed by atoms with Crippen LogP contribution < -0.4 is 10.5 Å². The van der Waals surface area contributed by atoms with Gasteiger partial charge in [-0.25, -0.2) is 0 Å². The van der Waals surface area contributed by atoms with Gasteiger partial charge in [0, 0.05) is 11.4 Å². The van der Waals surface area contributed by atoms with Gasteiger partial charge in [0.1, 0.15) is 5.75 Å². The lowest BCUT2D eigenvalue weighted by Crippen LogP contribution is -2.07. The van der Waals surface area contributed by atoms with Gasteiger partial charge < -0.3 is 10.5 Å². The van der Waals surface area contributed by atoms with Gasteiger partial charge >= 0.3 is 0 Å². The zero-order valence-electron chi connectivity index (χ0n) is 11.5. The van der Waals surface area contributed by atoms with Crippen LogP contribution in [0.3, 0.4) is 0 Å². The van der Waals surface area contributed by atoms with E-state index in [4.69, 9.17) is 10.5 Å². The molecule has 0 saturated heterocycles. The Kier molecular flexibility index (Phi) is 5.18. The van der Waals surface area contributed by atoms with E-state index in [-0.39, 0.29) is 0 Å². The molecule has 0 bridgehead atoms. The standard InChI is InChI=1S/C16H19NO2S/c1-13-8-9-15(17)16(12-13)20(18)11-5-10-19-14-6-3-2-4-7-14/h2-4,6-9,12H,5,10-11,17H2,1H3. The van der Waals surface area contributed by atoms with Crippen molar-refractivity contribution in [1.29, 1.82) is 0 Å². The van der Waals surface area contributed by atoms with E-state index in [9.17, 15) is 4.21 Å². The zero-order chi connectivity index (χ0) is 14.4. The third-order valence-electron chi connectivity index (χ3n) is 2.90. The number of anilines is 1. The van der Waals surface area contributed by atoms with Gasteiger partial charge in [0.15, 0.2) is 0 Å². The van der Waals surface area contributed by atoms with Crippen LogP contribution in [0.4, 0.5) is 5.69 Å². The molecule has 0 heterocycles. The summed E-state index contributed by atoms with van der Waals surface area (Å²) in [5, 5.41) is 0. The predicted octanol–water partition coefficient (Wildman–Crippen LogP) is 3.15. The number of rotatable bonds is 6. The first kappa shape index (κ1) is 14.6. The van der Waals surface area contributed by atoms with Crippen molar-refractivity contribution in [1.82, 2.24) is 0 Å². The highest BCUT2D eigenvalue weighted by Gasteiger charge is 2.08. The maximum atomic E-state index is 12.2. The third-order valence-corrected chi connectivity index (χ3v) is 4.40. The van der Waals surface area contributed by atoms with Crippen LogP contribution >= 0.6 is 0 Å². The summed E-state index contributed by atoms with van der Waals surface area (Å²) in [5.74, 6) is 1.40. The first-order chi connectivity index (χ1) is 9.66. The van der Waals surface area contributed by atoms with Gasteiger partial charge in [0.05, 0.1) is 22.3 Å². The quantitative estimate of drug-likeness (QED) is 0.656. The van der Waals surface area contributed by atoms with Crippen LogP contribution in [-0.4, -0.2) is 16.6 Å². The number of benzene rings is 2. The number of hydrogen-bond acceptors (Lipinski definition) is 3. The van der Waals surface area contributed by atoms with E-state index in [0.717, 1.165) is 22.6 Å². The topological polar surface area (TPSA) is 52.3 Å². The highest BCUT2D eigenvalue weighted by atomic mass is 32.2. The highest BCUT2D eigenvalue weighted by Crippen LogP contribution is 2.18. The largest absolute Gasteiger partial charge is 0.494 e. The van der Waals surface area contributed by atoms with Crippen molar-refractivity contribution < 1.29 is 8.95 Å². The summed E-state index contributed by atoms with van der Waals surface area (Å²) in [5.41, 5.74) is 7.53. The third kappa shape index (κ3) is 4.10. The van der Waals surface area contributed by atoms with Crippen molar-refractivity contribution in [3.8, 4) is 5.75 Å². The molecule has 0 spiro atoms. The Bertz CT molecular complexity index is 584. The van der Waals surface area contributed by atoms with Crippen LogP contribution in [-0.2, 0) is 10.8 Å². The molecule has 2 aromatic rings. The van der Waals surface area contributed by atoms with Crippen molar-refractivity contribution >= 4 is 16.5 Å². The Morgan fingerprint density at radius 1 is 1.15 bits per heavy atom. The Hall–Kier alpha value is -1.81. The van der Waals surface area contributed by atoms with E-state index in [1.165, 1.54) is 0 Å². The smallest absolute Gasteiger partial charge is 0.119 e. The number of para-hydroxylation sites is 1. The molecule has 106 valence electrons. The molecule has 1 atom stereocenters. The van der Waals surface area contributed by atoms with Crippen molar-refractivity contribution in [3.05, 3.63) is 54.1 Å². The summed E-state index contributed by atoms with van der Waals surface area (Å²) in [6.45, 7) is 2.53. The molecule has 2 aromatic carbocycles. The fraction of sp³-hybridized carbons (Fsp3) is 0.250. The number of nitrogen functional groups attached to an aromatic ring is 1. The van der Waals surface area contributed by atoms with Gasteiger partial charge in [-0.2, -0.15) is 0 Å². The summed E-state index contributed by atoms with van der Waals surface area (Å²) < 4.78 is 17.8. The number of hydrogen-bond donors (Lipinski definition) is 1. The molecule has 0 aliphatic heterocycles. The minimum Gasteiger partial charge on any atom is -0.494 e. The minimum atomic E-state index is -1.07. The molecule has 0 amide bonds. The van der Waals surface area contributed by atoms with Crippen molar-refractivity contribution in [2.75, 3.05) is 18.1 Å². The van der Waals surface area contributed by atoms with E-state index in [0.29, 0.717) is 18.0 Å². The van der Waals surface area contributed by atoms with E-state index in [2.05, 4.69) is 0 Å². The Labute approximate surface area is 122 Å². The predicted molar refractivity (Wildman–Crippen MR) is 83.4 cm³/mol. The molecule has 0 aliphatic rings. The molecule has 3 nitrogen and oxygen atoms in total. The van der Waals surface area contributed by atoms with Crippen molar-refractivity contribution in [2.45, 2.75) is 18.2 Å². The van der Waals surface area contributed by atoms with Crippen LogP contribution in [0.25, 0.3) is 0 Å². The molecule has 20 heavy (non-hydrogen) atoms. The van der Waals surface area contributed by atoms with Gasteiger partial charge in [-0.05, 0) is 43.2 Å². The van der Waals surface area contributed by atoms with Crippen LogP contribution in [0, 0.1) is 6.92 Å². The molecule has 2 N–H and O–H groups in total. The monoisotopic (exact) mass is 289 g/mol. The first-order valence-corrected chi connectivity index (χ1v) is 7.91. The SMILES string of the molecule is Cc1ccc(N)c(S(=O)CCCOc2ccccc2)c1. The highest BCUT2D eigenvalue weighted by molar-refractivity contribution is 7.85. The number of ether oxygens (including phenoxy) is 1. The van der Waals surface area contributed by atoms with Crippen molar-refractivity contribution in [3.63, 3.8) is 0 Å².